The Balaban J connectivity index is 3.34. The van der Waals surface area contributed by atoms with Crippen LogP contribution in [0.15, 0.2) is 12.1 Å². The summed E-state index contributed by atoms with van der Waals surface area (Å²) in [5.41, 5.74) is 0.350. The molecule has 92 valence electrons. The second-order valence-corrected chi connectivity index (χ2v) is 3.41. The first-order valence-electron chi connectivity index (χ1n) is 4.78. The van der Waals surface area contributed by atoms with Crippen LogP contribution in [0.2, 0.25) is 0 Å². The first-order chi connectivity index (χ1) is 7.99. The van der Waals surface area contributed by atoms with Crippen molar-refractivity contribution in [3.63, 3.8) is 0 Å². The fourth-order valence-corrected chi connectivity index (χ4v) is 1.38. The maximum atomic E-state index is 10.9. The first-order valence-corrected chi connectivity index (χ1v) is 4.78. The highest BCUT2D eigenvalue weighted by atomic mass is 16.6. The molecule has 1 aromatic carbocycles. The summed E-state index contributed by atoms with van der Waals surface area (Å²) >= 11 is 0. The molecule has 1 aromatic rings. The third-order valence-corrected chi connectivity index (χ3v) is 2.09. The van der Waals surface area contributed by atoms with Gasteiger partial charge in [-0.05, 0) is 5.56 Å². The molecule has 0 amide bonds. The number of nitro benzene ring substituents is 1. The van der Waals surface area contributed by atoms with Crippen LogP contribution < -0.4 is 9.47 Å². The van der Waals surface area contributed by atoms with Crippen LogP contribution in [0.25, 0.3) is 0 Å². The number of nitrogens with zero attached hydrogens (tertiary/aromatic N) is 2. The van der Waals surface area contributed by atoms with Crippen LogP contribution in [-0.2, 0) is 0 Å². The number of methoxy groups -OCH3 is 2. The van der Waals surface area contributed by atoms with Crippen molar-refractivity contribution in [3.8, 4) is 11.5 Å². The molecule has 0 aliphatic carbocycles. The predicted molar refractivity (Wildman–Crippen MR) is 62.9 cm³/mol. The Morgan fingerprint density at radius 2 is 1.82 bits per heavy atom. The molecule has 1 rings (SSSR count). The molecule has 0 atom stereocenters. The lowest BCUT2D eigenvalue weighted by atomic mass is 10.1. The summed E-state index contributed by atoms with van der Waals surface area (Å²) in [6, 6.07) is 2.87. The first kappa shape index (κ1) is 12.8. The topological polar surface area (TPSA) is 64.6 Å². The third-order valence-electron chi connectivity index (χ3n) is 2.09. The Hall–Kier alpha value is -2.24. The van der Waals surface area contributed by atoms with Gasteiger partial charge in [0.1, 0.15) is 18.5 Å². The molecule has 0 aliphatic rings. The molecule has 0 saturated heterocycles. The van der Waals surface area contributed by atoms with Gasteiger partial charge in [-0.2, -0.15) is 0 Å². The second kappa shape index (κ2) is 5.20. The second-order valence-electron chi connectivity index (χ2n) is 3.41. The lowest BCUT2D eigenvalue weighted by Crippen LogP contribution is -2.04. The monoisotopic (exact) mass is 238 g/mol. The molecular formula is C11H14N2O4. The molecule has 6 heteroatoms. The Bertz CT molecular complexity index is 457. The lowest BCUT2D eigenvalue weighted by Gasteiger charge is -2.13. The molecule has 0 saturated carbocycles. The minimum Gasteiger partial charge on any atom is -0.503 e. The van der Waals surface area contributed by atoms with E-state index in [0.717, 1.165) is 0 Å². The van der Waals surface area contributed by atoms with Crippen LogP contribution in [-0.4, -0.2) is 37.5 Å². The van der Waals surface area contributed by atoms with E-state index in [0.29, 0.717) is 17.1 Å². The summed E-state index contributed by atoms with van der Waals surface area (Å²) in [5.74, 6) is 0.759. The summed E-state index contributed by atoms with van der Waals surface area (Å²) in [6.45, 7) is 5.16. The van der Waals surface area contributed by atoms with Gasteiger partial charge < -0.3 is 9.47 Å². The smallest absolute Gasteiger partial charge is 0.207 e. The normalized spacial score (nSPS) is 9.59. The molecule has 0 N–H and O–H groups in total. The van der Waals surface area contributed by atoms with Gasteiger partial charge in [0, 0.05) is 11.0 Å². The maximum Gasteiger partial charge on any atom is 0.207 e. The van der Waals surface area contributed by atoms with Gasteiger partial charge in [0.25, 0.3) is 0 Å². The highest BCUT2D eigenvalue weighted by Crippen LogP contribution is 2.34. The van der Waals surface area contributed by atoms with Crippen LogP contribution >= 0.6 is 0 Å². The summed E-state index contributed by atoms with van der Waals surface area (Å²) in [5, 5.41) is 10.9. The highest BCUT2D eigenvalue weighted by molar-refractivity contribution is 5.56. The Labute approximate surface area is 99.2 Å². The molecule has 6 nitrogen and oxygen atoms in total. The van der Waals surface area contributed by atoms with Crippen LogP contribution in [0, 0.1) is 16.7 Å². The van der Waals surface area contributed by atoms with E-state index in [1.807, 2.05) is 0 Å². The van der Waals surface area contributed by atoms with E-state index in [4.69, 9.17) is 9.47 Å². The van der Waals surface area contributed by atoms with Gasteiger partial charge in [-0.15, -0.1) is 0 Å². The van der Waals surface area contributed by atoms with E-state index in [2.05, 4.69) is 6.72 Å². The van der Waals surface area contributed by atoms with Crippen LogP contribution in [0.1, 0.15) is 5.56 Å². The highest BCUT2D eigenvalue weighted by Gasteiger charge is 2.15. The molecular weight excluding hydrogens is 224 g/mol. The number of benzene rings is 1. The standard InChI is InChI=1S/C11H14N2O4/c1-12(2)7-8-5-10(16-3)11(17-4)6-9(8)13(14)15/h5-7H,1H2,2-4H3. The molecule has 0 heterocycles. The lowest BCUT2D eigenvalue weighted by molar-refractivity contribution is -0.441. The predicted octanol–water partition coefficient (Wildman–Crippen LogP) is 1.46. The van der Waals surface area contributed by atoms with Gasteiger partial charge in [-0.1, -0.05) is 6.07 Å². The van der Waals surface area contributed by atoms with E-state index in [9.17, 15) is 10.1 Å². The van der Waals surface area contributed by atoms with Gasteiger partial charge in [-0.3, -0.25) is 14.7 Å². The van der Waals surface area contributed by atoms with Gasteiger partial charge in [0.05, 0.1) is 27.5 Å². The molecule has 0 fully saturated rings. The molecule has 0 aromatic heterocycles. The van der Waals surface area contributed by atoms with Crippen molar-refractivity contribution < 1.29 is 19.0 Å². The van der Waals surface area contributed by atoms with Gasteiger partial charge in [0.15, 0.2) is 0 Å². The fraction of sp³-hybridized carbons (Fsp3) is 0.273. The molecule has 0 radical (unpaired) electrons. The maximum absolute atomic E-state index is 10.9. The van der Waals surface area contributed by atoms with Gasteiger partial charge >= 0.3 is 0 Å². The molecule has 0 bridgehead atoms. The number of nitro groups is 1. The average Bonchev–Trinajstić information content (AvgIpc) is 2.27. The molecule has 0 aliphatic heterocycles. The minimum absolute atomic E-state index is 0.0573. The van der Waals surface area contributed by atoms with E-state index in [1.165, 1.54) is 24.9 Å². The van der Waals surface area contributed by atoms with Crippen LogP contribution in [0.5, 0.6) is 11.5 Å². The quantitative estimate of drug-likeness (QED) is 0.256. The number of rotatable bonds is 5. The Morgan fingerprint density at radius 1 is 1.29 bits per heavy atom. The van der Waals surface area contributed by atoms with E-state index in [1.54, 1.807) is 19.7 Å². The number of hydrogen-bond donors (Lipinski definition) is 0. The van der Waals surface area contributed by atoms with E-state index >= 15 is 0 Å². The zero-order valence-electron chi connectivity index (χ0n) is 9.97. The average molecular weight is 238 g/mol. The largest absolute Gasteiger partial charge is 0.503 e. The molecule has 0 unspecified atom stereocenters. The van der Waals surface area contributed by atoms with E-state index in [-0.39, 0.29) is 5.69 Å². The SMILES string of the molecule is C=[N+](C)[CH-]c1cc(OC)c(OC)cc1[N+](=O)[O-]. The van der Waals surface area contributed by atoms with Gasteiger partial charge in [0.2, 0.25) is 5.69 Å². The zero-order valence-corrected chi connectivity index (χ0v) is 9.97. The molecule has 0 spiro atoms. The van der Waals surface area contributed by atoms with Crippen molar-refractivity contribution in [2.75, 3.05) is 21.3 Å². The van der Waals surface area contributed by atoms with Crippen molar-refractivity contribution in [1.82, 2.24) is 0 Å². The minimum atomic E-state index is -0.475. The molecule has 17 heavy (non-hydrogen) atoms. The van der Waals surface area contributed by atoms with Crippen LogP contribution in [0.4, 0.5) is 5.69 Å². The summed E-state index contributed by atoms with van der Waals surface area (Å²) in [4.78, 5) is 10.4. The van der Waals surface area contributed by atoms with Crippen molar-refractivity contribution in [1.29, 1.82) is 0 Å². The van der Waals surface area contributed by atoms with Crippen molar-refractivity contribution in [2.45, 2.75) is 0 Å². The zero-order chi connectivity index (χ0) is 13.0. The third kappa shape index (κ3) is 2.87. The summed E-state index contributed by atoms with van der Waals surface area (Å²) in [7, 11) is 4.58. The van der Waals surface area contributed by atoms with Crippen molar-refractivity contribution >= 4 is 12.4 Å². The number of ether oxygens (including phenoxy) is 2. The Morgan fingerprint density at radius 3 is 2.24 bits per heavy atom. The summed E-state index contributed by atoms with van der Waals surface area (Å²) in [6.07, 6.45) is 0. The Kier molecular flexibility index (Phi) is 3.92. The van der Waals surface area contributed by atoms with Crippen molar-refractivity contribution in [2.24, 2.45) is 0 Å². The summed E-state index contributed by atoms with van der Waals surface area (Å²) < 4.78 is 11.6. The van der Waals surface area contributed by atoms with Crippen LogP contribution in [0.3, 0.4) is 0 Å². The number of hydrogen-bond acceptors (Lipinski definition) is 4. The van der Waals surface area contributed by atoms with Gasteiger partial charge in [-0.25, -0.2) is 0 Å². The van der Waals surface area contributed by atoms with E-state index < -0.39 is 4.92 Å². The fourth-order valence-electron chi connectivity index (χ4n) is 1.38. The van der Waals surface area contributed by atoms with Crippen molar-refractivity contribution in [3.05, 3.63) is 34.4 Å².